The molecule has 0 aromatic heterocycles. The van der Waals surface area contributed by atoms with E-state index < -0.39 is 0 Å². The molecule has 17 heavy (non-hydrogen) atoms. The van der Waals surface area contributed by atoms with Crippen molar-refractivity contribution in [3.8, 4) is 0 Å². The largest absolute Gasteiger partial charge is 0.411 e. The second-order valence-corrected chi connectivity index (χ2v) is 6.59. The van der Waals surface area contributed by atoms with Gasteiger partial charge in [0.2, 0.25) is 0 Å². The van der Waals surface area contributed by atoms with Crippen molar-refractivity contribution in [1.82, 2.24) is 0 Å². The lowest BCUT2D eigenvalue weighted by molar-refractivity contribution is 0.322. The van der Waals surface area contributed by atoms with Gasteiger partial charge in [0.1, 0.15) is 0 Å². The molecule has 2 nitrogen and oxygen atoms in total. The highest BCUT2D eigenvalue weighted by Crippen LogP contribution is 2.29. The van der Waals surface area contributed by atoms with Crippen LogP contribution in [0.2, 0.25) is 0 Å². The predicted octanol–water partition coefficient (Wildman–Crippen LogP) is 4.09. The molecule has 0 unspecified atom stereocenters. The third-order valence-corrected chi connectivity index (χ3v) is 2.89. The number of hydrogen-bond acceptors (Lipinski definition) is 2. The Morgan fingerprint density at radius 3 is 1.59 bits per heavy atom. The molecule has 0 bridgehead atoms. The fourth-order valence-electron chi connectivity index (χ4n) is 1.66. The maximum atomic E-state index is 8.68. The Balaban J connectivity index is 3.39. The summed E-state index contributed by atoms with van der Waals surface area (Å²) < 4.78 is 0. The SMILES string of the molecule is CC(C)(C)c1cc(C=NO)cc(C(C)(C)C)c1. The minimum atomic E-state index is 0.0965. The number of rotatable bonds is 1. The van der Waals surface area contributed by atoms with Crippen LogP contribution in [0.15, 0.2) is 23.4 Å². The van der Waals surface area contributed by atoms with Crippen molar-refractivity contribution in [3.63, 3.8) is 0 Å². The average molecular weight is 233 g/mol. The van der Waals surface area contributed by atoms with E-state index in [0.717, 1.165) is 5.56 Å². The normalized spacial score (nSPS) is 13.3. The molecule has 0 spiro atoms. The lowest BCUT2D eigenvalue weighted by Gasteiger charge is -2.25. The molecule has 1 N–H and O–H groups in total. The first-order valence-corrected chi connectivity index (χ1v) is 5.98. The molecule has 1 aromatic rings. The number of oxime groups is 1. The minimum Gasteiger partial charge on any atom is -0.411 e. The molecule has 1 aromatic carbocycles. The van der Waals surface area contributed by atoms with Gasteiger partial charge in [0.25, 0.3) is 0 Å². The van der Waals surface area contributed by atoms with Gasteiger partial charge < -0.3 is 5.21 Å². The van der Waals surface area contributed by atoms with Gasteiger partial charge in [-0.2, -0.15) is 0 Å². The van der Waals surface area contributed by atoms with Crippen LogP contribution < -0.4 is 0 Å². The van der Waals surface area contributed by atoms with Gasteiger partial charge in [-0.15, -0.1) is 0 Å². The minimum absolute atomic E-state index is 0.0965. The molecular formula is C15H23NO. The molecule has 0 radical (unpaired) electrons. The fourth-order valence-corrected chi connectivity index (χ4v) is 1.66. The Labute approximate surface area is 104 Å². The summed E-state index contributed by atoms with van der Waals surface area (Å²) in [6.45, 7) is 13.1. The predicted molar refractivity (Wildman–Crippen MR) is 73.2 cm³/mol. The summed E-state index contributed by atoms with van der Waals surface area (Å²) >= 11 is 0. The van der Waals surface area contributed by atoms with Gasteiger partial charge in [-0.1, -0.05) is 52.8 Å². The van der Waals surface area contributed by atoms with Crippen LogP contribution in [0.25, 0.3) is 0 Å². The molecule has 0 aliphatic heterocycles. The Bertz CT molecular complexity index is 387. The van der Waals surface area contributed by atoms with Crippen molar-refractivity contribution in [2.45, 2.75) is 52.4 Å². The lowest BCUT2D eigenvalue weighted by Crippen LogP contribution is -2.17. The van der Waals surface area contributed by atoms with Gasteiger partial charge in [0.15, 0.2) is 0 Å². The monoisotopic (exact) mass is 233 g/mol. The molecule has 0 heterocycles. The van der Waals surface area contributed by atoms with Crippen molar-refractivity contribution < 1.29 is 5.21 Å². The Kier molecular flexibility index (Phi) is 3.65. The third-order valence-electron chi connectivity index (χ3n) is 2.89. The number of benzene rings is 1. The number of hydrogen-bond donors (Lipinski definition) is 1. The van der Waals surface area contributed by atoms with Crippen LogP contribution in [0.4, 0.5) is 0 Å². The van der Waals surface area contributed by atoms with E-state index in [1.807, 2.05) is 0 Å². The molecule has 0 fully saturated rings. The van der Waals surface area contributed by atoms with E-state index in [1.54, 1.807) is 0 Å². The molecule has 1 rings (SSSR count). The van der Waals surface area contributed by atoms with Crippen LogP contribution in [-0.2, 0) is 10.8 Å². The van der Waals surface area contributed by atoms with E-state index in [1.165, 1.54) is 17.3 Å². The van der Waals surface area contributed by atoms with Gasteiger partial charge in [-0.25, -0.2) is 0 Å². The van der Waals surface area contributed by atoms with Crippen LogP contribution in [0.1, 0.15) is 58.2 Å². The second kappa shape index (κ2) is 4.52. The zero-order valence-electron chi connectivity index (χ0n) is 11.7. The molecule has 0 atom stereocenters. The zero-order chi connectivity index (χ0) is 13.3. The van der Waals surface area contributed by atoms with Gasteiger partial charge >= 0.3 is 0 Å². The van der Waals surface area contributed by atoms with Crippen LogP contribution in [0, 0.1) is 0 Å². The maximum absolute atomic E-state index is 8.68. The second-order valence-electron chi connectivity index (χ2n) is 6.59. The highest BCUT2D eigenvalue weighted by molar-refractivity contribution is 5.80. The summed E-state index contributed by atoms with van der Waals surface area (Å²) in [4.78, 5) is 0. The van der Waals surface area contributed by atoms with Crippen LogP contribution in [0.5, 0.6) is 0 Å². The van der Waals surface area contributed by atoms with Crippen LogP contribution >= 0.6 is 0 Å². The Hall–Kier alpha value is -1.31. The van der Waals surface area contributed by atoms with E-state index in [4.69, 9.17) is 5.21 Å². The first kappa shape index (κ1) is 13.8. The van der Waals surface area contributed by atoms with Gasteiger partial charge in [0, 0.05) is 0 Å². The molecule has 2 heteroatoms. The van der Waals surface area contributed by atoms with Gasteiger partial charge in [0.05, 0.1) is 6.21 Å². The smallest absolute Gasteiger partial charge is 0.0734 e. The maximum Gasteiger partial charge on any atom is 0.0734 e. The van der Waals surface area contributed by atoms with Crippen molar-refractivity contribution in [2.75, 3.05) is 0 Å². The number of nitrogens with zero attached hydrogens (tertiary/aromatic N) is 1. The third kappa shape index (κ3) is 3.58. The molecule has 0 aliphatic carbocycles. The van der Waals surface area contributed by atoms with E-state index >= 15 is 0 Å². The standard InChI is InChI=1S/C15H23NO/c1-14(2,3)12-7-11(10-16-17)8-13(9-12)15(4,5)6/h7-10,17H,1-6H3. The van der Waals surface area contributed by atoms with Crippen LogP contribution in [-0.4, -0.2) is 11.4 Å². The summed E-state index contributed by atoms with van der Waals surface area (Å²) in [7, 11) is 0. The van der Waals surface area contributed by atoms with Crippen molar-refractivity contribution in [3.05, 3.63) is 34.9 Å². The van der Waals surface area contributed by atoms with E-state index in [-0.39, 0.29) is 10.8 Å². The molecule has 0 saturated heterocycles. The van der Waals surface area contributed by atoms with Crippen molar-refractivity contribution >= 4 is 6.21 Å². The first-order valence-electron chi connectivity index (χ1n) is 5.98. The first-order chi connectivity index (χ1) is 7.64. The molecule has 0 saturated carbocycles. The summed E-state index contributed by atoms with van der Waals surface area (Å²) in [5.74, 6) is 0. The van der Waals surface area contributed by atoms with Crippen LogP contribution in [0.3, 0.4) is 0 Å². The Morgan fingerprint density at radius 2 is 1.29 bits per heavy atom. The van der Waals surface area contributed by atoms with Crippen molar-refractivity contribution in [1.29, 1.82) is 0 Å². The molecular weight excluding hydrogens is 210 g/mol. The summed E-state index contributed by atoms with van der Waals surface area (Å²) in [6, 6.07) is 6.40. The Morgan fingerprint density at radius 1 is 0.882 bits per heavy atom. The highest BCUT2D eigenvalue weighted by atomic mass is 16.4. The lowest BCUT2D eigenvalue weighted by atomic mass is 9.80. The quantitative estimate of drug-likeness (QED) is 0.442. The molecule has 0 aliphatic rings. The topological polar surface area (TPSA) is 32.6 Å². The van der Waals surface area contributed by atoms with E-state index in [9.17, 15) is 0 Å². The average Bonchev–Trinajstić information content (AvgIpc) is 2.15. The van der Waals surface area contributed by atoms with Gasteiger partial charge in [-0.05, 0) is 39.7 Å². The molecule has 0 amide bonds. The summed E-state index contributed by atoms with van der Waals surface area (Å²) in [6.07, 6.45) is 1.49. The van der Waals surface area contributed by atoms with Crippen molar-refractivity contribution in [2.24, 2.45) is 5.16 Å². The van der Waals surface area contributed by atoms with Gasteiger partial charge in [-0.3, -0.25) is 0 Å². The van der Waals surface area contributed by atoms with E-state index in [0.29, 0.717) is 0 Å². The fraction of sp³-hybridized carbons (Fsp3) is 0.533. The zero-order valence-corrected chi connectivity index (χ0v) is 11.7. The summed E-state index contributed by atoms with van der Waals surface area (Å²) in [5.41, 5.74) is 3.67. The highest BCUT2D eigenvalue weighted by Gasteiger charge is 2.20. The molecule has 94 valence electrons. The summed E-state index contributed by atoms with van der Waals surface area (Å²) in [5, 5.41) is 11.8. The van der Waals surface area contributed by atoms with E-state index in [2.05, 4.69) is 64.9 Å².